The van der Waals surface area contributed by atoms with Crippen LogP contribution >= 0.6 is 7.60 Å². The Morgan fingerprint density at radius 3 is 2.34 bits per heavy atom. The van der Waals surface area contributed by atoms with E-state index in [0.29, 0.717) is 27.9 Å². The number of amides is 3. The van der Waals surface area contributed by atoms with E-state index in [0.717, 1.165) is 12.1 Å². The van der Waals surface area contributed by atoms with E-state index in [4.69, 9.17) is 9.79 Å². The fraction of sp³-hybridized carbons (Fsp3) is 0.250. The zero-order valence-corrected chi connectivity index (χ0v) is 23.1. The summed E-state index contributed by atoms with van der Waals surface area (Å²) in [6.45, 7) is 4.50. The normalized spacial score (nSPS) is 16.4. The number of rotatable bonds is 8. The lowest BCUT2D eigenvalue weighted by molar-refractivity contribution is -0.193. The number of nitrogens with one attached hydrogen (secondary N) is 1. The summed E-state index contributed by atoms with van der Waals surface area (Å²) in [6.07, 6.45) is -4.86. The van der Waals surface area contributed by atoms with Crippen molar-refractivity contribution < 1.29 is 36.7 Å². The molecule has 1 fully saturated rings. The lowest BCUT2D eigenvalue weighted by atomic mass is 10.0. The van der Waals surface area contributed by atoms with Crippen molar-refractivity contribution >= 4 is 41.9 Å². The van der Waals surface area contributed by atoms with Gasteiger partial charge in [-0.15, -0.1) is 0 Å². The number of nitrogens with zero attached hydrogens (tertiary/aromatic N) is 3. The molecule has 1 N–H and O–H groups in total. The van der Waals surface area contributed by atoms with Crippen molar-refractivity contribution in [3.8, 4) is 6.07 Å². The van der Waals surface area contributed by atoms with E-state index in [9.17, 15) is 32.2 Å². The highest BCUT2D eigenvalue weighted by Gasteiger charge is 2.52. The topological polar surface area (TPSA) is 126 Å². The van der Waals surface area contributed by atoms with E-state index in [1.165, 1.54) is 36.9 Å². The molecule has 1 aliphatic heterocycles. The van der Waals surface area contributed by atoms with Crippen LogP contribution in [0.4, 0.5) is 35.0 Å². The first-order chi connectivity index (χ1) is 19.2. The first-order valence-corrected chi connectivity index (χ1v) is 13.9. The molecule has 0 saturated carbocycles. The second-order valence-corrected chi connectivity index (χ2v) is 11.4. The summed E-state index contributed by atoms with van der Waals surface area (Å²) in [6, 6.07) is 16.1. The Kier molecular flexibility index (Phi) is 8.00. The lowest BCUT2D eigenvalue weighted by Crippen LogP contribution is -2.43. The van der Waals surface area contributed by atoms with Crippen LogP contribution in [0.5, 0.6) is 0 Å². The number of carbonyl (C=O) groups excluding carboxylic acids is 2. The second kappa shape index (κ2) is 11.0. The maximum absolute atomic E-state index is 13.6. The maximum Gasteiger partial charge on any atom is 0.417 e. The molecule has 0 bridgehead atoms. The Balaban J connectivity index is 1.62. The Morgan fingerprint density at radius 1 is 1.07 bits per heavy atom. The monoisotopic (exact) mass is 585 g/mol. The van der Waals surface area contributed by atoms with Gasteiger partial charge in [0.25, 0.3) is 5.91 Å². The van der Waals surface area contributed by atoms with Crippen LogP contribution in [0.25, 0.3) is 0 Å². The van der Waals surface area contributed by atoms with Crippen molar-refractivity contribution in [2.24, 2.45) is 0 Å². The van der Waals surface area contributed by atoms with Crippen LogP contribution in [0.1, 0.15) is 37.5 Å². The van der Waals surface area contributed by atoms with Crippen molar-refractivity contribution in [2.75, 3.05) is 16.8 Å². The molecule has 41 heavy (non-hydrogen) atoms. The molecule has 1 aliphatic rings. The second-order valence-electron chi connectivity index (χ2n) is 9.65. The van der Waals surface area contributed by atoms with E-state index >= 15 is 0 Å². The van der Waals surface area contributed by atoms with Crippen LogP contribution in [0.2, 0.25) is 0 Å². The largest absolute Gasteiger partial charge is 0.775 e. The number of hydrogen-bond acceptors (Lipinski definition) is 7. The van der Waals surface area contributed by atoms with Gasteiger partial charge in [-0.25, -0.2) is 9.69 Å². The summed E-state index contributed by atoms with van der Waals surface area (Å²) in [5, 5.41) is 12.3. The molecule has 0 radical (unpaired) electrons. The summed E-state index contributed by atoms with van der Waals surface area (Å²) >= 11 is 0. The van der Waals surface area contributed by atoms with Crippen molar-refractivity contribution in [3.05, 3.63) is 83.4 Å². The SMILES string of the molecule is CCOP(=O)([O-])c1ccc(Nc2ccccc2CN2C(=O)N(c3ccc(C#N)c(C(F)(F)F)c3)C(=O)C2(C)C)cc1. The first kappa shape index (κ1) is 29.8. The van der Waals surface area contributed by atoms with E-state index in [1.807, 2.05) is 0 Å². The van der Waals surface area contributed by atoms with Gasteiger partial charge in [-0.1, -0.05) is 18.2 Å². The van der Waals surface area contributed by atoms with Crippen LogP contribution in [0.3, 0.4) is 0 Å². The van der Waals surface area contributed by atoms with Gasteiger partial charge in [0.05, 0.1) is 36.0 Å². The van der Waals surface area contributed by atoms with Crippen molar-refractivity contribution in [1.82, 2.24) is 4.90 Å². The fourth-order valence-electron chi connectivity index (χ4n) is 4.41. The minimum atomic E-state index is -4.86. The Hall–Kier alpha value is -4.17. The predicted molar refractivity (Wildman–Crippen MR) is 144 cm³/mol. The smallest absolute Gasteiger partial charge is 0.417 e. The number of anilines is 3. The fourth-order valence-corrected chi connectivity index (χ4v) is 5.41. The number of halogens is 3. The molecule has 13 heteroatoms. The maximum atomic E-state index is 13.6. The molecule has 3 amide bonds. The van der Waals surface area contributed by atoms with Gasteiger partial charge in [0.2, 0.25) is 0 Å². The number of alkyl halides is 3. The highest BCUT2D eigenvalue weighted by atomic mass is 31.2. The van der Waals surface area contributed by atoms with E-state index in [1.54, 1.807) is 43.3 Å². The van der Waals surface area contributed by atoms with E-state index in [-0.39, 0.29) is 24.1 Å². The third kappa shape index (κ3) is 5.84. The van der Waals surface area contributed by atoms with Gasteiger partial charge < -0.3 is 24.2 Å². The van der Waals surface area contributed by atoms with E-state index in [2.05, 4.69) is 5.32 Å². The molecule has 1 heterocycles. The van der Waals surface area contributed by atoms with Gasteiger partial charge >= 0.3 is 12.2 Å². The first-order valence-electron chi connectivity index (χ1n) is 12.4. The van der Waals surface area contributed by atoms with Crippen LogP contribution < -0.4 is 20.4 Å². The molecule has 1 unspecified atom stereocenters. The average Bonchev–Trinajstić information content (AvgIpc) is 3.08. The van der Waals surface area contributed by atoms with Crippen LogP contribution in [0, 0.1) is 11.3 Å². The zero-order valence-electron chi connectivity index (χ0n) is 22.2. The molecule has 4 rings (SSSR count). The third-order valence-electron chi connectivity index (χ3n) is 6.62. The number of imide groups is 1. The molecule has 214 valence electrons. The average molecular weight is 585 g/mol. The molecule has 3 aromatic carbocycles. The van der Waals surface area contributed by atoms with Crippen molar-refractivity contribution in [3.63, 3.8) is 0 Å². The Morgan fingerprint density at radius 2 is 1.73 bits per heavy atom. The molecule has 9 nitrogen and oxygen atoms in total. The minimum absolute atomic E-state index is 0.00826. The van der Waals surface area contributed by atoms with Gasteiger partial charge in [0.15, 0.2) is 7.60 Å². The number of carbonyl (C=O) groups is 2. The van der Waals surface area contributed by atoms with Crippen molar-refractivity contribution in [2.45, 2.75) is 39.0 Å². The Labute approximate surface area is 234 Å². The highest BCUT2D eigenvalue weighted by Crippen LogP contribution is 2.39. The number of nitriles is 1. The Bertz CT molecular complexity index is 1580. The molecule has 3 aromatic rings. The van der Waals surface area contributed by atoms with Gasteiger partial charge in [0.1, 0.15) is 5.54 Å². The van der Waals surface area contributed by atoms with Gasteiger partial charge in [0, 0.05) is 16.7 Å². The molecular formula is C28H25F3N4O5P-. The number of urea groups is 1. The highest BCUT2D eigenvalue weighted by molar-refractivity contribution is 7.59. The molecule has 0 aliphatic carbocycles. The standard InChI is InChI=1S/C28H26F3N4O5P/c1-4-40-41(38,39)22-13-10-20(11-14-22)33-24-8-6-5-7-19(24)17-34-26(37)35(25(36)27(34,2)3)21-12-9-18(16-32)23(15-21)28(29,30)31/h5-15,33H,4,17H2,1-3H3,(H,38,39)/p-1. The van der Waals surface area contributed by atoms with Gasteiger partial charge in [-0.2, -0.15) is 18.4 Å². The summed E-state index contributed by atoms with van der Waals surface area (Å²) in [5.74, 6) is -0.724. The lowest BCUT2D eigenvalue weighted by Gasteiger charge is -2.28. The van der Waals surface area contributed by atoms with E-state index < -0.39 is 42.4 Å². The molecule has 1 atom stereocenters. The number of para-hydroxylation sites is 1. The predicted octanol–water partition coefficient (Wildman–Crippen LogP) is 5.28. The summed E-state index contributed by atoms with van der Waals surface area (Å²) in [7, 11) is -4.19. The summed E-state index contributed by atoms with van der Waals surface area (Å²) in [5.41, 5.74) is -1.89. The number of benzene rings is 3. The van der Waals surface area contributed by atoms with Crippen LogP contribution in [-0.2, 0) is 26.6 Å². The van der Waals surface area contributed by atoms with Crippen LogP contribution in [0.15, 0.2) is 66.7 Å². The quantitative estimate of drug-likeness (QED) is 0.282. The summed E-state index contributed by atoms with van der Waals surface area (Å²) in [4.78, 5) is 40.9. The molecule has 0 spiro atoms. The molecule has 1 saturated heterocycles. The number of hydrogen-bond donors (Lipinski definition) is 1. The zero-order chi connectivity index (χ0) is 30.2. The summed E-state index contributed by atoms with van der Waals surface area (Å²) < 4.78 is 57.6. The third-order valence-corrected chi connectivity index (χ3v) is 8.15. The van der Waals surface area contributed by atoms with Gasteiger partial charge in [-0.3, -0.25) is 4.79 Å². The minimum Gasteiger partial charge on any atom is -0.775 e. The van der Waals surface area contributed by atoms with Crippen molar-refractivity contribution in [1.29, 1.82) is 5.26 Å². The molecule has 0 aromatic heterocycles. The van der Waals surface area contributed by atoms with Gasteiger partial charge in [-0.05, 0) is 74.9 Å². The van der Waals surface area contributed by atoms with Crippen LogP contribution in [-0.4, -0.2) is 29.0 Å². The molecular weight excluding hydrogens is 560 g/mol.